The summed E-state index contributed by atoms with van der Waals surface area (Å²) < 4.78 is 0. The van der Waals surface area contributed by atoms with Crippen LogP contribution in [0.3, 0.4) is 0 Å². The van der Waals surface area contributed by atoms with Crippen molar-refractivity contribution in [3.8, 4) is 0 Å². The highest BCUT2D eigenvalue weighted by Gasteiger charge is 2.32. The van der Waals surface area contributed by atoms with E-state index < -0.39 is 0 Å². The number of rotatable bonds is 2. The fourth-order valence-corrected chi connectivity index (χ4v) is 2.19. The Morgan fingerprint density at radius 1 is 1.27 bits per heavy atom. The van der Waals surface area contributed by atoms with Gasteiger partial charge >= 0.3 is 0 Å². The summed E-state index contributed by atoms with van der Waals surface area (Å²) in [5, 5.41) is 4.10. The summed E-state index contributed by atoms with van der Waals surface area (Å²) in [4.78, 5) is 5.52. The van der Waals surface area contributed by atoms with Crippen LogP contribution in [0, 0.1) is 12.8 Å². The van der Waals surface area contributed by atoms with Crippen LogP contribution >= 0.6 is 0 Å². The lowest BCUT2D eigenvalue weighted by atomic mass is 9.89. The maximum Gasteiger partial charge on any atom is 0.160 e. The van der Waals surface area contributed by atoms with E-state index in [1.807, 2.05) is 6.92 Å². The summed E-state index contributed by atoms with van der Waals surface area (Å²) in [5.74, 6) is 0.436. The number of aryl methyl sites for hydroxylation is 1. The van der Waals surface area contributed by atoms with E-state index in [0.717, 1.165) is 12.1 Å². The number of hydrogen-bond acceptors (Lipinski definition) is 2. The molecule has 1 aliphatic rings. The molecule has 1 aliphatic heterocycles. The van der Waals surface area contributed by atoms with E-state index in [1.165, 1.54) is 11.1 Å². The van der Waals surface area contributed by atoms with Crippen molar-refractivity contribution in [3.05, 3.63) is 35.4 Å². The summed E-state index contributed by atoms with van der Waals surface area (Å²) in [6.07, 6.45) is 1.20. The monoisotopic (exact) mass is 203 g/mol. The lowest BCUT2D eigenvalue weighted by Crippen LogP contribution is -2.14. The molecule has 1 aromatic carbocycles. The van der Waals surface area contributed by atoms with Crippen LogP contribution in [0.2, 0.25) is 0 Å². The largest absolute Gasteiger partial charge is 0.387 e. The van der Waals surface area contributed by atoms with Crippen LogP contribution < -0.4 is 0 Å². The standard InChI is InChI=1S/C13H17NO/c1-4-11-10(3)14-15-13(11)12-8-6-5-7-9(12)2/h5-8,11,13H,4H2,1-3H3. The summed E-state index contributed by atoms with van der Waals surface area (Å²) in [5.41, 5.74) is 3.67. The van der Waals surface area contributed by atoms with Crippen molar-refractivity contribution in [1.82, 2.24) is 0 Å². The van der Waals surface area contributed by atoms with Crippen molar-refractivity contribution in [3.63, 3.8) is 0 Å². The summed E-state index contributed by atoms with van der Waals surface area (Å²) in [6.45, 7) is 6.36. The van der Waals surface area contributed by atoms with Crippen molar-refractivity contribution in [2.45, 2.75) is 33.3 Å². The average molecular weight is 203 g/mol. The van der Waals surface area contributed by atoms with E-state index in [4.69, 9.17) is 4.84 Å². The molecule has 2 nitrogen and oxygen atoms in total. The van der Waals surface area contributed by atoms with Crippen molar-refractivity contribution in [1.29, 1.82) is 0 Å². The molecule has 0 N–H and O–H groups in total. The minimum Gasteiger partial charge on any atom is -0.387 e. The molecule has 1 heterocycles. The van der Waals surface area contributed by atoms with E-state index in [9.17, 15) is 0 Å². The van der Waals surface area contributed by atoms with Crippen molar-refractivity contribution < 1.29 is 4.84 Å². The summed E-state index contributed by atoms with van der Waals surface area (Å²) >= 11 is 0. The highest BCUT2D eigenvalue weighted by Crippen LogP contribution is 2.35. The van der Waals surface area contributed by atoms with Crippen molar-refractivity contribution in [2.24, 2.45) is 11.1 Å². The quantitative estimate of drug-likeness (QED) is 0.721. The highest BCUT2D eigenvalue weighted by molar-refractivity contribution is 5.85. The molecule has 80 valence electrons. The average Bonchev–Trinajstić information content (AvgIpc) is 2.60. The zero-order valence-corrected chi connectivity index (χ0v) is 9.53. The second-order valence-electron chi connectivity index (χ2n) is 4.13. The Hall–Kier alpha value is -1.31. The fraction of sp³-hybridized carbons (Fsp3) is 0.462. The smallest absolute Gasteiger partial charge is 0.160 e. The minimum absolute atomic E-state index is 0.121. The number of oxime groups is 1. The predicted molar refractivity (Wildman–Crippen MR) is 61.9 cm³/mol. The van der Waals surface area contributed by atoms with Gasteiger partial charge in [-0.2, -0.15) is 0 Å². The molecule has 0 spiro atoms. The van der Waals surface area contributed by atoms with Gasteiger partial charge in [0.25, 0.3) is 0 Å². The SMILES string of the molecule is CCC1C(C)=NOC1c1ccccc1C. The number of nitrogens with zero attached hydrogens (tertiary/aromatic N) is 1. The van der Waals surface area contributed by atoms with Crippen LogP contribution in [0.15, 0.2) is 29.4 Å². The first-order valence-corrected chi connectivity index (χ1v) is 5.50. The van der Waals surface area contributed by atoms with Gasteiger partial charge in [0.15, 0.2) is 6.10 Å². The van der Waals surface area contributed by atoms with E-state index in [0.29, 0.717) is 5.92 Å². The summed E-state index contributed by atoms with van der Waals surface area (Å²) in [6, 6.07) is 8.38. The van der Waals surface area contributed by atoms with E-state index >= 15 is 0 Å². The van der Waals surface area contributed by atoms with Gasteiger partial charge in [-0.05, 0) is 31.4 Å². The Bertz CT molecular complexity index is 384. The zero-order valence-electron chi connectivity index (χ0n) is 9.53. The molecule has 0 amide bonds. The Morgan fingerprint density at radius 3 is 2.67 bits per heavy atom. The molecule has 0 fully saturated rings. The molecule has 0 radical (unpaired) electrons. The Kier molecular flexibility index (Phi) is 2.76. The second kappa shape index (κ2) is 4.05. The molecule has 2 rings (SSSR count). The Balaban J connectivity index is 2.30. The molecule has 0 aromatic heterocycles. The van der Waals surface area contributed by atoms with Crippen LogP contribution in [0.1, 0.15) is 37.5 Å². The van der Waals surface area contributed by atoms with Crippen LogP contribution in [0.5, 0.6) is 0 Å². The predicted octanol–water partition coefficient (Wildman–Crippen LogP) is 3.47. The molecule has 2 atom stereocenters. The van der Waals surface area contributed by atoms with E-state index in [-0.39, 0.29) is 6.10 Å². The highest BCUT2D eigenvalue weighted by atomic mass is 16.6. The third-order valence-electron chi connectivity index (χ3n) is 3.15. The van der Waals surface area contributed by atoms with Crippen LogP contribution in [-0.4, -0.2) is 5.71 Å². The van der Waals surface area contributed by atoms with Crippen LogP contribution in [0.25, 0.3) is 0 Å². The molecule has 2 unspecified atom stereocenters. The number of hydrogen-bond donors (Lipinski definition) is 0. The molecular formula is C13H17NO. The van der Waals surface area contributed by atoms with Crippen molar-refractivity contribution >= 4 is 5.71 Å². The summed E-state index contributed by atoms with van der Waals surface area (Å²) in [7, 11) is 0. The zero-order chi connectivity index (χ0) is 10.8. The van der Waals surface area contributed by atoms with Gasteiger partial charge in [-0.15, -0.1) is 0 Å². The van der Waals surface area contributed by atoms with Gasteiger partial charge in [0.05, 0.1) is 5.71 Å². The van der Waals surface area contributed by atoms with Crippen LogP contribution in [0.4, 0.5) is 0 Å². The molecule has 0 saturated carbocycles. The van der Waals surface area contributed by atoms with Gasteiger partial charge in [-0.1, -0.05) is 36.3 Å². The van der Waals surface area contributed by atoms with Gasteiger partial charge in [0, 0.05) is 5.92 Å². The van der Waals surface area contributed by atoms with Crippen LogP contribution in [-0.2, 0) is 4.84 Å². The molecular weight excluding hydrogens is 186 g/mol. The fourth-order valence-electron chi connectivity index (χ4n) is 2.19. The molecule has 0 saturated heterocycles. The Labute approximate surface area is 90.9 Å². The topological polar surface area (TPSA) is 21.6 Å². The van der Waals surface area contributed by atoms with E-state index in [1.54, 1.807) is 0 Å². The minimum atomic E-state index is 0.121. The molecule has 0 bridgehead atoms. The Morgan fingerprint density at radius 2 is 2.00 bits per heavy atom. The second-order valence-corrected chi connectivity index (χ2v) is 4.13. The van der Waals surface area contributed by atoms with Gasteiger partial charge in [-0.25, -0.2) is 0 Å². The number of benzene rings is 1. The van der Waals surface area contributed by atoms with Gasteiger partial charge in [0.1, 0.15) is 0 Å². The van der Waals surface area contributed by atoms with Gasteiger partial charge in [-0.3, -0.25) is 0 Å². The van der Waals surface area contributed by atoms with Crippen molar-refractivity contribution in [2.75, 3.05) is 0 Å². The maximum atomic E-state index is 5.52. The first kappa shape index (κ1) is 10.2. The third kappa shape index (κ3) is 1.76. The van der Waals surface area contributed by atoms with Gasteiger partial charge < -0.3 is 4.84 Å². The van der Waals surface area contributed by atoms with E-state index in [2.05, 4.69) is 43.3 Å². The molecule has 15 heavy (non-hydrogen) atoms. The molecule has 1 aromatic rings. The third-order valence-corrected chi connectivity index (χ3v) is 3.15. The molecule has 2 heteroatoms. The lowest BCUT2D eigenvalue weighted by molar-refractivity contribution is 0.0600. The first-order chi connectivity index (χ1) is 7.24. The van der Waals surface area contributed by atoms with Gasteiger partial charge in [0.2, 0.25) is 0 Å². The first-order valence-electron chi connectivity index (χ1n) is 5.50. The maximum absolute atomic E-state index is 5.52. The lowest BCUT2D eigenvalue weighted by Gasteiger charge is -2.18. The molecule has 0 aliphatic carbocycles. The normalized spacial score (nSPS) is 24.9.